The van der Waals surface area contributed by atoms with Crippen LogP contribution < -0.4 is 11.1 Å². The highest BCUT2D eigenvalue weighted by molar-refractivity contribution is 7.11. The standard InChI is InChI=1S/C15H17N3O2S/c1-10-9-17-13(21-10)8-12(19)18-15(2,14(16)20)11-6-4-3-5-7-11/h3-7,9H,8H2,1-2H3,(H2,16,20)(H,18,19). The average molecular weight is 303 g/mol. The molecule has 1 aromatic carbocycles. The molecule has 1 heterocycles. The summed E-state index contributed by atoms with van der Waals surface area (Å²) in [5.74, 6) is -0.883. The lowest BCUT2D eigenvalue weighted by Crippen LogP contribution is -2.53. The van der Waals surface area contributed by atoms with Gasteiger partial charge in [-0.05, 0) is 19.4 Å². The van der Waals surface area contributed by atoms with Crippen molar-refractivity contribution in [3.05, 3.63) is 52.0 Å². The van der Waals surface area contributed by atoms with Gasteiger partial charge in [-0.1, -0.05) is 30.3 Å². The Morgan fingerprint density at radius 3 is 2.52 bits per heavy atom. The molecule has 0 aliphatic heterocycles. The molecule has 5 nitrogen and oxygen atoms in total. The highest BCUT2D eigenvalue weighted by Gasteiger charge is 2.34. The van der Waals surface area contributed by atoms with Gasteiger partial charge in [0.05, 0.1) is 6.42 Å². The molecule has 2 amide bonds. The summed E-state index contributed by atoms with van der Waals surface area (Å²) in [6, 6.07) is 8.96. The number of nitrogens with two attached hydrogens (primary N) is 1. The Labute approximate surface area is 127 Å². The highest BCUT2D eigenvalue weighted by atomic mass is 32.1. The molecule has 0 radical (unpaired) electrons. The van der Waals surface area contributed by atoms with Crippen LogP contribution >= 0.6 is 11.3 Å². The molecule has 3 N–H and O–H groups in total. The predicted molar refractivity (Wildman–Crippen MR) is 81.7 cm³/mol. The fraction of sp³-hybridized carbons (Fsp3) is 0.267. The average Bonchev–Trinajstić information content (AvgIpc) is 2.84. The smallest absolute Gasteiger partial charge is 0.247 e. The Morgan fingerprint density at radius 1 is 1.33 bits per heavy atom. The third kappa shape index (κ3) is 3.46. The van der Waals surface area contributed by atoms with Crippen LogP contribution in [0.15, 0.2) is 36.5 Å². The summed E-state index contributed by atoms with van der Waals surface area (Å²) in [5, 5.41) is 3.43. The Balaban J connectivity index is 2.17. The molecule has 0 aliphatic carbocycles. The molecule has 1 atom stereocenters. The van der Waals surface area contributed by atoms with Crippen molar-refractivity contribution < 1.29 is 9.59 Å². The topological polar surface area (TPSA) is 85.1 Å². The van der Waals surface area contributed by atoms with Gasteiger partial charge in [0.25, 0.3) is 0 Å². The van der Waals surface area contributed by atoms with Crippen molar-refractivity contribution in [2.45, 2.75) is 25.8 Å². The summed E-state index contributed by atoms with van der Waals surface area (Å²) < 4.78 is 0. The number of aryl methyl sites for hydroxylation is 1. The molecule has 110 valence electrons. The zero-order valence-electron chi connectivity index (χ0n) is 11.9. The van der Waals surface area contributed by atoms with Gasteiger partial charge in [-0.15, -0.1) is 11.3 Å². The van der Waals surface area contributed by atoms with E-state index in [0.29, 0.717) is 10.6 Å². The molecule has 0 aliphatic rings. The van der Waals surface area contributed by atoms with E-state index < -0.39 is 11.4 Å². The minimum atomic E-state index is -1.23. The van der Waals surface area contributed by atoms with Crippen molar-refractivity contribution in [2.75, 3.05) is 0 Å². The predicted octanol–water partition coefficient (Wildman–Crippen LogP) is 1.51. The molecule has 6 heteroatoms. The maximum atomic E-state index is 12.2. The molecule has 0 spiro atoms. The van der Waals surface area contributed by atoms with E-state index in [2.05, 4.69) is 10.3 Å². The van der Waals surface area contributed by atoms with E-state index in [0.717, 1.165) is 4.88 Å². The van der Waals surface area contributed by atoms with Gasteiger partial charge in [0.15, 0.2) is 0 Å². The number of carbonyl (C=O) groups is 2. The van der Waals surface area contributed by atoms with Gasteiger partial charge >= 0.3 is 0 Å². The first kappa shape index (κ1) is 15.2. The van der Waals surface area contributed by atoms with Gasteiger partial charge in [-0.2, -0.15) is 0 Å². The van der Waals surface area contributed by atoms with E-state index in [4.69, 9.17) is 5.73 Å². The van der Waals surface area contributed by atoms with Crippen LogP contribution in [0.2, 0.25) is 0 Å². The Hall–Kier alpha value is -2.21. The quantitative estimate of drug-likeness (QED) is 0.878. The highest BCUT2D eigenvalue weighted by Crippen LogP contribution is 2.20. The van der Waals surface area contributed by atoms with E-state index >= 15 is 0 Å². The largest absolute Gasteiger partial charge is 0.367 e. The van der Waals surface area contributed by atoms with Crippen LogP contribution in [0.1, 0.15) is 22.4 Å². The van der Waals surface area contributed by atoms with Crippen molar-refractivity contribution in [1.82, 2.24) is 10.3 Å². The molecule has 2 aromatic rings. The zero-order valence-corrected chi connectivity index (χ0v) is 12.7. The second-order valence-electron chi connectivity index (χ2n) is 4.94. The summed E-state index contributed by atoms with van der Waals surface area (Å²) in [4.78, 5) is 29.2. The maximum absolute atomic E-state index is 12.2. The normalized spacial score (nSPS) is 13.4. The van der Waals surface area contributed by atoms with Crippen LogP contribution in [0, 0.1) is 6.92 Å². The maximum Gasteiger partial charge on any atom is 0.247 e. The first-order valence-corrected chi connectivity index (χ1v) is 7.31. The number of benzene rings is 1. The summed E-state index contributed by atoms with van der Waals surface area (Å²) in [5.41, 5.74) is 4.90. The van der Waals surface area contributed by atoms with Crippen molar-refractivity contribution in [2.24, 2.45) is 5.73 Å². The van der Waals surface area contributed by atoms with Gasteiger partial charge in [-0.25, -0.2) is 4.98 Å². The van der Waals surface area contributed by atoms with Crippen LogP contribution in [0.5, 0.6) is 0 Å². The number of nitrogens with one attached hydrogen (secondary N) is 1. The van der Waals surface area contributed by atoms with Crippen LogP contribution in [-0.4, -0.2) is 16.8 Å². The van der Waals surface area contributed by atoms with Crippen molar-refractivity contribution in [3.63, 3.8) is 0 Å². The molecule has 0 saturated carbocycles. The van der Waals surface area contributed by atoms with Crippen molar-refractivity contribution in [1.29, 1.82) is 0 Å². The Bertz CT molecular complexity index is 654. The number of nitrogens with zero attached hydrogens (tertiary/aromatic N) is 1. The number of amides is 2. The lowest BCUT2D eigenvalue weighted by Gasteiger charge is -2.27. The summed E-state index contributed by atoms with van der Waals surface area (Å²) in [6.07, 6.45) is 1.85. The molecule has 0 bridgehead atoms. The van der Waals surface area contributed by atoms with E-state index in [-0.39, 0.29) is 12.3 Å². The molecular weight excluding hydrogens is 286 g/mol. The minimum absolute atomic E-state index is 0.133. The monoisotopic (exact) mass is 303 g/mol. The van der Waals surface area contributed by atoms with E-state index in [9.17, 15) is 9.59 Å². The number of primary amides is 1. The van der Waals surface area contributed by atoms with E-state index in [1.807, 2.05) is 13.0 Å². The number of aromatic nitrogens is 1. The van der Waals surface area contributed by atoms with Crippen molar-refractivity contribution in [3.8, 4) is 0 Å². The molecule has 2 rings (SSSR count). The van der Waals surface area contributed by atoms with Gasteiger partial charge in [0.1, 0.15) is 10.5 Å². The molecule has 1 aromatic heterocycles. The summed E-state index contributed by atoms with van der Waals surface area (Å²) in [7, 11) is 0. The second kappa shape index (κ2) is 6.05. The third-order valence-corrected chi connectivity index (χ3v) is 4.13. The lowest BCUT2D eigenvalue weighted by molar-refractivity contribution is -0.131. The second-order valence-corrected chi connectivity index (χ2v) is 6.26. The van der Waals surface area contributed by atoms with Crippen LogP contribution in [0.3, 0.4) is 0 Å². The van der Waals surface area contributed by atoms with Crippen molar-refractivity contribution >= 4 is 23.2 Å². The zero-order chi connectivity index (χ0) is 15.5. The molecule has 1 unspecified atom stereocenters. The van der Waals surface area contributed by atoms with Crippen LogP contribution in [0.25, 0.3) is 0 Å². The lowest BCUT2D eigenvalue weighted by atomic mass is 9.91. The fourth-order valence-corrected chi connectivity index (χ4v) is 2.78. The molecular formula is C15H17N3O2S. The summed E-state index contributed by atoms with van der Waals surface area (Å²) >= 11 is 1.46. The van der Waals surface area contributed by atoms with Crippen LogP contribution in [-0.2, 0) is 21.5 Å². The number of hydrogen-bond acceptors (Lipinski definition) is 4. The Morgan fingerprint density at radius 2 is 2.00 bits per heavy atom. The van der Waals surface area contributed by atoms with E-state index in [1.165, 1.54) is 11.3 Å². The number of thiazole rings is 1. The number of hydrogen-bond donors (Lipinski definition) is 2. The first-order chi connectivity index (χ1) is 9.91. The summed E-state index contributed by atoms with van der Waals surface area (Å²) in [6.45, 7) is 3.53. The van der Waals surface area contributed by atoms with E-state index in [1.54, 1.807) is 37.4 Å². The molecule has 21 heavy (non-hydrogen) atoms. The SMILES string of the molecule is Cc1cnc(CC(=O)NC(C)(C(N)=O)c2ccccc2)s1. The number of carbonyl (C=O) groups excluding carboxylic acids is 2. The van der Waals surface area contributed by atoms with Gasteiger partial charge in [0, 0.05) is 11.1 Å². The molecule has 0 saturated heterocycles. The first-order valence-electron chi connectivity index (χ1n) is 6.49. The van der Waals surface area contributed by atoms with Gasteiger partial charge in [-0.3, -0.25) is 9.59 Å². The Kier molecular flexibility index (Phi) is 4.37. The fourth-order valence-electron chi connectivity index (χ4n) is 1.99. The van der Waals surface area contributed by atoms with Gasteiger partial charge in [0.2, 0.25) is 11.8 Å². The van der Waals surface area contributed by atoms with Crippen LogP contribution in [0.4, 0.5) is 0 Å². The minimum Gasteiger partial charge on any atom is -0.367 e. The molecule has 0 fully saturated rings. The number of rotatable bonds is 5. The third-order valence-electron chi connectivity index (χ3n) is 3.21. The van der Waals surface area contributed by atoms with Gasteiger partial charge < -0.3 is 11.1 Å².